The SMILES string of the molecule is [2H]C([2H])([2H])c1ccc(-c2c(C)ccc3c2oc2c(-c4ccc(-c5ccc(C([2H])(C)C)cc5)cc4)c(C#N)ccc23)[n+](C)c1. The van der Waals surface area contributed by atoms with Crippen LogP contribution >= 0.6 is 0 Å². The van der Waals surface area contributed by atoms with Crippen molar-refractivity contribution in [2.24, 2.45) is 7.05 Å². The van der Waals surface area contributed by atoms with Crippen LogP contribution in [0.3, 0.4) is 0 Å². The van der Waals surface area contributed by atoms with Gasteiger partial charge in [-0.2, -0.15) is 5.26 Å². The van der Waals surface area contributed by atoms with Gasteiger partial charge < -0.3 is 4.42 Å². The molecule has 0 aliphatic rings. The molecule has 2 aromatic heterocycles. The van der Waals surface area contributed by atoms with Gasteiger partial charge in [0.25, 0.3) is 0 Å². The minimum Gasteiger partial charge on any atom is -0.454 e. The molecule has 0 amide bonds. The molecular weight excluding hydrogens is 476 g/mol. The van der Waals surface area contributed by atoms with Crippen LogP contribution in [-0.4, -0.2) is 0 Å². The summed E-state index contributed by atoms with van der Waals surface area (Å²) in [6.07, 6.45) is 1.64. The Kier molecular flexibility index (Phi) is 4.98. The van der Waals surface area contributed by atoms with Crippen molar-refractivity contribution in [2.75, 3.05) is 0 Å². The van der Waals surface area contributed by atoms with Crippen molar-refractivity contribution in [3.63, 3.8) is 0 Å². The van der Waals surface area contributed by atoms with E-state index in [1.165, 1.54) is 0 Å². The topological polar surface area (TPSA) is 40.8 Å². The summed E-state index contributed by atoms with van der Waals surface area (Å²) >= 11 is 0. The van der Waals surface area contributed by atoms with Gasteiger partial charge in [-0.1, -0.05) is 74.5 Å². The van der Waals surface area contributed by atoms with Crippen molar-refractivity contribution in [1.29, 1.82) is 5.26 Å². The normalized spacial score (nSPS) is 13.5. The summed E-state index contributed by atoms with van der Waals surface area (Å²) in [6, 6.07) is 29.9. The molecule has 0 radical (unpaired) electrons. The third kappa shape index (κ3) is 4.19. The molecule has 0 N–H and O–H groups in total. The van der Waals surface area contributed by atoms with Crippen molar-refractivity contribution in [2.45, 2.75) is 33.5 Å². The molecule has 4 aromatic carbocycles. The number of pyridine rings is 1. The maximum Gasteiger partial charge on any atom is 0.216 e. The maximum atomic E-state index is 10.1. The van der Waals surface area contributed by atoms with Gasteiger partial charge >= 0.3 is 0 Å². The summed E-state index contributed by atoms with van der Waals surface area (Å²) < 4.78 is 40.2. The highest BCUT2D eigenvalue weighted by molar-refractivity contribution is 6.14. The van der Waals surface area contributed by atoms with Gasteiger partial charge in [-0.15, -0.1) is 0 Å². The molecule has 6 aromatic rings. The van der Waals surface area contributed by atoms with Gasteiger partial charge in [-0.25, -0.2) is 4.57 Å². The van der Waals surface area contributed by atoms with Crippen molar-refractivity contribution in [3.05, 3.63) is 113 Å². The third-order valence-corrected chi connectivity index (χ3v) is 7.50. The molecule has 0 saturated carbocycles. The summed E-state index contributed by atoms with van der Waals surface area (Å²) in [7, 11) is 1.84. The van der Waals surface area contributed by atoms with E-state index < -0.39 is 12.7 Å². The number of fused-ring (bicyclic) bond motifs is 3. The average molecular weight is 512 g/mol. The number of rotatable bonds is 4. The summed E-state index contributed by atoms with van der Waals surface area (Å²) in [4.78, 5) is 0. The second-order valence-electron chi connectivity index (χ2n) is 10.3. The van der Waals surface area contributed by atoms with E-state index in [2.05, 4.69) is 6.07 Å². The molecule has 0 fully saturated rings. The minimum absolute atomic E-state index is 0.272. The van der Waals surface area contributed by atoms with E-state index in [0.29, 0.717) is 16.7 Å². The van der Waals surface area contributed by atoms with Crippen LogP contribution in [0.1, 0.15) is 47.5 Å². The van der Waals surface area contributed by atoms with Crippen molar-refractivity contribution in [1.82, 2.24) is 0 Å². The van der Waals surface area contributed by atoms with Crippen LogP contribution in [-0.2, 0) is 7.05 Å². The van der Waals surface area contributed by atoms with Crippen LogP contribution < -0.4 is 4.57 Å². The van der Waals surface area contributed by atoms with E-state index in [1.807, 2.05) is 111 Å². The lowest BCUT2D eigenvalue weighted by molar-refractivity contribution is -0.660. The Balaban J connectivity index is 1.50. The van der Waals surface area contributed by atoms with Gasteiger partial charge in [-0.3, -0.25) is 0 Å². The first-order valence-corrected chi connectivity index (χ1v) is 13.0. The van der Waals surface area contributed by atoms with Crippen LogP contribution in [0.15, 0.2) is 95.5 Å². The van der Waals surface area contributed by atoms with Gasteiger partial charge in [0.2, 0.25) is 5.69 Å². The van der Waals surface area contributed by atoms with Crippen LogP contribution in [0, 0.1) is 25.1 Å². The molecule has 39 heavy (non-hydrogen) atoms. The van der Waals surface area contributed by atoms with Crippen molar-refractivity contribution in [3.8, 4) is 39.6 Å². The smallest absolute Gasteiger partial charge is 0.216 e. The molecule has 0 atom stereocenters. The number of furan rings is 1. The zero-order chi connectivity index (χ0) is 30.7. The predicted octanol–water partition coefficient (Wildman–Crippen LogP) is 9.02. The van der Waals surface area contributed by atoms with E-state index >= 15 is 0 Å². The van der Waals surface area contributed by atoms with Crippen molar-refractivity contribution < 1.29 is 14.5 Å². The Morgan fingerprint density at radius 1 is 0.795 bits per heavy atom. The molecule has 3 heteroatoms. The highest BCUT2D eigenvalue weighted by atomic mass is 16.3. The standard InChI is InChI=1S/C36H31N2O/c1-22(2)25-8-10-26(11-9-25)27-12-14-28(15-13-27)34-29(20-37)16-18-31-30-17-7-24(4)33(35(30)39-36(31)34)32-19-6-23(3)21-38(32)5/h6-19,21-22H,1-5H3/q+1/i3D3,22D. The number of benzene rings is 4. The summed E-state index contributed by atoms with van der Waals surface area (Å²) in [5.74, 6) is -0.654. The number of aromatic nitrogens is 1. The molecular formula is C36H31N2O+. The summed E-state index contributed by atoms with van der Waals surface area (Å²) in [5.41, 5.74) is 9.50. The first-order valence-electron chi connectivity index (χ1n) is 15.0. The molecule has 0 aliphatic carbocycles. The molecule has 0 spiro atoms. The quantitative estimate of drug-likeness (QED) is 0.222. The highest BCUT2D eigenvalue weighted by Crippen LogP contribution is 2.42. The Labute approximate surface area is 235 Å². The monoisotopic (exact) mass is 511 g/mol. The first kappa shape index (κ1) is 20.3. The van der Waals surface area contributed by atoms with Gasteiger partial charge in [0.05, 0.1) is 17.2 Å². The molecule has 0 aliphatic heterocycles. The molecule has 0 saturated heterocycles. The molecule has 0 unspecified atom stereocenters. The number of hydrogen-bond donors (Lipinski definition) is 0. The Bertz CT molecular complexity index is 2060. The fourth-order valence-corrected chi connectivity index (χ4v) is 5.39. The van der Waals surface area contributed by atoms with E-state index in [4.69, 9.17) is 9.90 Å². The zero-order valence-corrected chi connectivity index (χ0v) is 22.5. The lowest BCUT2D eigenvalue weighted by Crippen LogP contribution is -2.31. The predicted molar refractivity (Wildman–Crippen MR) is 159 cm³/mol. The lowest BCUT2D eigenvalue weighted by Gasteiger charge is -2.09. The van der Waals surface area contributed by atoms with Gasteiger partial charge in [-0.05, 0) is 65.7 Å². The van der Waals surface area contributed by atoms with Gasteiger partial charge in [0, 0.05) is 33.4 Å². The second kappa shape index (κ2) is 9.57. The van der Waals surface area contributed by atoms with Gasteiger partial charge in [0.15, 0.2) is 6.20 Å². The van der Waals surface area contributed by atoms with Crippen LogP contribution in [0.2, 0.25) is 0 Å². The van der Waals surface area contributed by atoms with E-state index in [0.717, 1.165) is 55.4 Å². The number of hydrogen-bond acceptors (Lipinski definition) is 2. The molecule has 0 bridgehead atoms. The lowest BCUT2D eigenvalue weighted by atomic mass is 9.94. The average Bonchev–Trinajstić information content (AvgIpc) is 3.34. The molecule has 6 rings (SSSR count). The Morgan fingerprint density at radius 3 is 2.03 bits per heavy atom. The minimum atomic E-state index is -2.20. The zero-order valence-electron chi connectivity index (χ0n) is 26.5. The molecule has 190 valence electrons. The Morgan fingerprint density at radius 2 is 1.41 bits per heavy atom. The Hall–Kier alpha value is -4.68. The third-order valence-electron chi connectivity index (χ3n) is 7.50. The summed E-state index contributed by atoms with van der Waals surface area (Å²) in [5, 5.41) is 11.9. The first-order chi connectivity index (χ1) is 20.4. The fourth-order valence-electron chi connectivity index (χ4n) is 5.39. The fraction of sp³-hybridized carbons (Fsp3) is 0.167. The van der Waals surface area contributed by atoms with Gasteiger partial charge in [0.1, 0.15) is 18.2 Å². The largest absolute Gasteiger partial charge is 0.454 e. The van der Waals surface area contributed by atoms with Crippen LogP contribution in [0.25, 0.3) is 55.4 Å². The maximum absolute atomic E-state index is 10.1. The number of aryl methyl sites for hydroxylation is 3. The molecule has 2 heterocycles. The second-order valence-corrected chi connectivity index (χ2v) is 10.3. The summed E-state index contributed by atoms with van der Waals surface area (Å²) in [6.45, 7) is 3.57. The molecule has 3 nitrogen and oxygen atoms in total. The highest BCUT2D eigenvalue weighted by Gasteiger charge is 2.23. The van der Waals surface area contributed by atoms with E-state index in [-0.39, 0.29) is 5.56 Å². The van der Waals surface area contributed by atoms with Crippen molar-refractivity contribution >= 4 is 21.9 Å². The van der Waals surface area contributed by atoms with E-state index in [9.17, 15) is 5.26 Å². The number of nitriles is 1. The van der Waals surface area contributed by atoms with E-state index in [1.54, 1.807) is 12.3 Å². The number of nitrogens with zero attached hydrogens (tertiary/aromatic N) is 2. The van der Waals surface area contributed by atoms with Crippen LogP contribution in [0.4, 0.5) is 0 Å². The van der Waals surface area contributed by atoms with Crippen LogP contribution in [0.5, 0.6) is 0 Å².